The van der Waals surface area contributed by atoms with E-state index >= 15 is 0 Å². The van der Waals surface area contributed by atoms with Crippen LogP contribution in [0.3, 0.4) is 0 Å². The largest absolute Gasteiger partial charge is 0.459 e. The molecule has 1 N–H and O–H groups in total. The molecule has 1 fully saturated rings. The Morgan fingerprint density at radius 1 is 1.09 bits per heavy atom. The number of allylic oxidation sites excluding steroid dienone is 1. The molecule has 2 aliphatic rings. The van der Waals surface area contributed by atoms with Gasteiger partial charge in [-0.15, -0.1) is 0 Å². The number of hydrogen-bond donors (Lipinski definition) is 1. The van der Waals surface area contributed by atoms with Gasteiger partial charge in [0.15, 0.2) is 5.76 Å². The van der Waals surface area contributed by atoms with Crippen molar-refractivity contribution in [3.63, 3.8) is 0 Å². The zero-order valence-electron chi connectivity index (χ0n) is 18.8. The predicted octanol–water partition coefficient (Wildman–Crippen LogP) is 1.94. The molecule has 0 bridgehead atoms. The van der Waals surface area contributed by atoms with E-state index in [1.807, 2.05) is 31.2 Å². The van der Waals surface area contributed by atoms with E-state index < -0.39 is 6.29 Å². The molecule has 0 spiro atoms. The second kappa shape index (κ2) is 13.5. The summed E-state index contributed by atoms with van der Waals surface area (Å²) in [5.41, 5.74) is 1.11. The molecule has 0 unspecified atom stereocenters. The molecule has 2 heterocycles. The smallest absolute Gasteiger partial charge is 0.288 e. The number of amides is 1. The van der Waals surface area contributed by atoms with E-state index in [-0.39, 0.29) is 24.3 Å². The summed E-state index contributed by atoms with van der Waals surface area (Å²) >= 11 is 0. The average Bonchev–Trinajstić information content (AvgIpc) is 2.84. The molecular formula is C24H35NO7. The fraction of sp³-hybridized carbons (Fsp3) is 0.625. The number of ether oxygens (including phenoxy) is 5. The van der Waals surface area contributed by atoms with Crippen LogP contribution < -0.4 is 0 Å². The lowest BCUT2D eigenvalue weighted by molar-refractivity contribution is -0.173. The average molecular weight is 450 g/mol. The molecule has 0 radical (unpaired) electrons. The van der Waals surface area contributed by atoms with Crippen LogP contribution in [0.4, 0.5) is 0 Å². The molecule has 1 aromatic rings. The summed E-state index contributed by atoms with van der Waals surface area (Å²) in [6.45, 7) is 6.34. The molecule has 8 heteroatoms. The van der Waals surface area contributed by atoms with E-state index in [1.54, 1.807) is 4.90 Å². The Labute approximate surface area is 190 Å². The van der Waals surface area contributed by atoms with Crippen molar-refractivity contribution in [1.82, 2.24) is 4.90 Å². The number of nitrogens with zero attached hydrogens (tertiary/aromatic N) is 1. The molecule has 178 valence electrons. The van der Waals surface area contributed by atoms with Gasteiger partial charge in [-0.2, -0.15) is 0 Å². The summed E-state index contributed by atoms with van der Waals surface area (Å²) in [5, 5.41) is 8.77. The van der Waals surface area contributed by atoms with Gasteiger partial charge < -0.3 is 33.7 Å². The molecule has 32 heavy (non-hydrogen) atoms. The standard InChI is InChI=1S/C24H35NO7/c1-2-31-24-20(8-12-28-16-17-30-15-11-26)21(19-6-4-3-5-7-19)18-22(32-24)23(27)25-9-13-29-14-10-25/h3-7,18,20-21,24,26H,2,8-17H2,1H3/t20-,21+,24+/m1/s1. The van der Waals surface area contributed by atoms with Crippen LogP contribution in [0.1, 0.15) is 24.8 Å². The first-order valence-corrected chi connectivity index (χ1v) is 11.4. The quantitative estimate of drug-likeness (QED) is 0.488. The number of aliphatic hydroxyl groups excluding tert-OH is 1. The van der Waals surface area contributed by atoms with E-state index in [0.717, 1.165) is 5.56 Å². The van der Waals surface area contributed by atoms with Crippen molar-refractivity contribution in [2.45, 2.75) is 25.6 Å². The Balaban J connectivity index is 1.73. The number of rotatable bonds is 12. The maximum atomic E-state index is 13.1. The van der Waals surface area contributed by atoms with Gasteiger partial charge in [-0.3, -0.25) is 4.79 Å². The third-order valence-electron chi connectivity index (χ3n) is 5.61. The number of benzene rings is 1. The SMILES string of the molecule is CCO[C@H]1OC(C(=O)N2CCOCC2)=C[C@@H](c2ccccc2)[C@H]1CCOCCOCCO. The molecule has 0 saturated carbocycles. The molecule has 0 aliphatic carbocycles. The molecule has 3 rings (SSSR count). The third kappa shape index (κ3) is 7.02. The monoisotopic (exact) mass is 449 g/mol. The highest BCUT2D eigenvalue weighted by Gasteiger charge is 2.39. The van der Waals surface area contributed by atoms with Crippen LogP contribution in [-0.2, 0) is 28.5 Å². The fourth-order valence-corrected chi connectivity index (χ4v) is 4.01. The van der Waals surface area contributed by atoms with Crippen LogP contribution >= 0.6 is 0 Å². The minimum atomic E-state index is -0.538. The number of carbonyl (C=O) groups is 1. The van der Waals surface area contributed by atoms with Crippen LogP contribution in [0.2, 0.25) is 0 Å². The van der Waals surface area contributed by atoms with Crippen molar-refractivity contribution in [2.24, 2.45) is 5.92 Å². The Bertz CT molecular complexity index is 706. The van der Waals surface area contributed by atoms with Crippen LogP contribution in [0.5, 0.6) is 0 Å². The van der Waals surface area contributed by atoms with Crippen molar-refractivity contribution >= 4 is 5.91 Å². The van der Waals surface area contributed by atoms with Gasteiger partial charge in [-0.1, -0.05) is 30.3 Å². The van der Waals surface area contributed by atoms with Crippen LogP contribution in [0.25, 0.3) is 0 Å². The number of carbonyl (C=O) groups excluding carboxylic acids is 1. The third-order valence-corrected chi connectivity index (χ3v) is 5.61. The van der Waals surface area contributed by atoms with Gasteiger partial charge in [0, 0.05) is 38.1 Å². The normalized spacial score (nSPS) is 23.5. The molecule has 1 saturated heterocycles. The summed E-state index contributed by atoms with van der Waals surface area (Å²) < 4.78 is 28.4. The molecule has 8 nitrogen and oxygen atoms in total. The first-order valence-electron chi connectivity index (χ1n) is 11.4. The van der Waals surface area contributed by atoms with Gasteiger partial charge in [0.05, 0.1) is 39.6 Å². The lowest BCUT2D eigenvalue weighted by Gasteiger charge is -2.38. The van der Waals surface area contributed by atoms with Gasteiger partial charge in [-0.25, -0.2) is 0 Å². The molecule has 0 aromatic heterocycles. The Hall–Kier alpha value is -1.97. The number of aliphatic hydroxyl groups is 1. The van der Waals surface area contributed by atoms with E-state index in [2.05, 4.69) is 12.1 Å². The van der Waals surface area contributed by atoms with E-state index in [9.17, 15) is 4.79 Å². The van der Waals surface area contributed by atoms with Gasteiger partial charge in [-0.05, 0) is 25.0 Å². The number of hydrogen-bond acceptors (Lipinski definition) is 7. The maximum absolute atomic E-state index is 13.1. The topological polar surface area (TPSA) is 86.7 Å². The van der Waals surface area contributed by atoms with Crippen LogP contribution in [0.15, 0.2) is 42.2 Å². The van der Waals surface area contributed by atoms with Crippen molar-refractivity contribution in [1.29, 1.82) is 0 Å². The molecular weight excluding hydrogens is 414 g/mol. The van der Waals surface area contributed by atoms with Crippen molar-refractivity contribution in [3.8, 4) is 0 Å². The minimum absolute atomic E-state index is 0.00282. The second-order valence-corrected chi connectivity index (χ2v) is 7.71. The predicted molar refractivity (Wildman–Crippen MR) is 118 cm³/mol. The zero-order valence-corrected chi connectivity index (χ0v) is 18.8. The summed E-state index contributed by atoms with van der Waals surface area (Å²) in [4.78, 5) is 14.9. The Kier molecular flexibility index (Phi) is 10.4. The second-order valence-electron chi connectivity index (χ2n) is 7.71. The fourth-order valence-electron chi connectivity index (χ4n) is 4.01. The lowest BCUT2D eigenvalue weighted by atomic mass is 9.81. The molecule has 3 atom stereocenters. The first-order chi connectivity index (χ1) is 15.7. The first kappa shape index (κ1) is 24.7. The minimum Gasteiger partial charge on any atom is -0.459 e. The highest BCUT2D eigenvalue weighted by Crippen LogP contribution is 2.39. The molecule has 2 aliphatic heterocycles. The summed E-state index contributed by atoms with van der Waals surface area (Å²) in [7, 11) is 0. The maximum Gasteiger partial charge on any atom is 0.288 e. The van der Waals surface area contributed by atoms with E-state index in [4.69, 9.17) is 28.8 Å². The van der Waals surface area contributed by atoms with Crippen molar-refractivity contribution < 1.29 is 33.6 Å². The zero-order chi connectivity index (χ0) is 22.6. The van der Waals surface area contributed by atoms with Gasteiger partial charge in [0.1, 0.15) is 0 Å². The number of morpholine rings is 1. The van der Waals surface area contributed by atoms with Gasteiger partial charge in [0.25, 0.3) is 5.91 Å². The van der Waals surface area contributed by atoms with Crippen molar-refractivity contribution in [3.05, 3.63) is 47.7 Å². The van der Waals surface area contributed by atoms with Gasteiger partial charge in [0.2, 0.25) is 6.29 Å². The van der Waals surface area contributed by atoms with E-state index in [0.29, 0.717) is 71.5 Å². The van der Waals surface area contributed by atoms with Gasteiger partial charge >= 0.3 is 0 Å². The summed E-state index contributed by atoms with van der Waals surface area (Å²) in [5.74, 6) is 0.191. The molecule has 1 amide bonds. The van der Waals surface area contributed by atoms with E-state index in [1.165, 1.54) is 0 Å². The highest BCUT2D eigenvalue weighted by molar-refractivity contribution is 5.92. The highest BCUT2D eigenvalue weighted by atomic mass is 16.7. The lowest BCUT2D eigenvalue weighted by Crippen LogP contribution is -2.44. The molecule has 1 aromatic carbocycles. The Morgan fingerprint density at radius 3 is 2.50 bits per heavy atom. The van der Waals surface area contributed by atoms with Crippen molar-refractivity contribution in [2.75, 3.05) is 65.9 Å². The summed E-state index contributed by atoms with van der Waals surface area (Å²) in [6, 6.07) is 10.1. The Morgan fingerprint density at radius 2 is 1.81 bits per heavy atom. The van der Waals surface area contributed by atoms with Crippen LogP contribution in [0, 0.1) is 5.92 Å². The van der Waals surface area contributed by atoms with Crippen LogP contribution in [-0.4, -0.2) is 88.1 Å². The summed E-state index contributed by atoms with van der Waals surface area (Å²) in [6.07, 6.45) is 2.11.